The SMILES string of the molecule is O=C(CCc1ccccc1Cl)Nc1cccc(C(=O)Nc2ccc(F)c(Cl)c2)c1. The summed E-state index contributed by atoms with van der Waals surface area (Å²) in [5.41, 5.74) is 2.11. The molecule has 2 amide bonds. The molecule has 0 saturated carbocycles. The Labute approximate surface area is 177 Å². The molecule has 0 bridgehead atoms. The van der Waals surface area contributed by atoms with E-state index in [4.69, 9.17) is 23.2 Å². The minimum absolute atomic E-state index is 0.0812. The Morgan fingerprint density at radius 2 is 1.59 bits per heavy atom. The first-order chi connectivity index (χ1) is 13.9. The summed E-state index contributed by atoms with van der Waals surface area (Å²) in [6, 6.07) is 17.8. The molecule has 0 aliphatic heterocycles. The van der Waals surface area contributed by atoms with Crippen LogP contribution in [0, 0.1) is 5.82 Å². The Hall–Kier alpha value is -2.89. The van der Waals surface area contributed by atoms with Crippen molar-refractivity contribution in [2.24, 2.45) is 0 Å². The number of amides is 2. The Morgan fingerprint density at radius 3 is 2.34 bits per heavy atom. The highest BCUT2D eigenvalue weighted by atomic mass is 35.5. The monoisotopic (exact) mass is 430 g/mol. The highest BCUT2D eigenvalue weighted by molar-refractivity contribution is 6.31. The molecular formula is C22H17Cl2FN2O2. The van der Waals surface area contributed by atoms with E-state index in [0.29, 0.717) is 28.4 Å². The average molecular weight is 431 g/mol. The molecule has 0 saturated heterocycles. The molecule has 148 valence electrons. The Bertz CT molecular complexity index is 1060. The van der Waals surface area contributed by atoms with E-state index in [-0.39, 0.29) is 17.4 Å². The quantitative estimate of drug-likeness (QED) is 0.506. The zero-order valence-corrected chi connectivity index (χ0v) is 16.7. The van der Waals surface area contributed by atoms with Gasteiger partial charge in [-0.15, -0.1) is 0 Å². The lowest BCUT2D eigenvalue weighted by Crippen LogP contribution is -2.15. The predicted octanol–water partition coefficient (Wildman–Crippen LogP) is 5.96. The molecule has 3 rings (SSSR count). The second-order valence-electron chi connectivity index (χ2n) is 6.30. The summed E-state index contributed by atoms with van der Waals surface area (Å²) in [5, 5.41) is 5.96. The lowest BCUT2D eigenvalue weighted by Gasteiger charge is -2.09. The molecule has 0 spiro atoms. The maximum Gasteiger partial charge on any atom is 0.255 e. The molecular weight excluding hydrogens is 414 g/mol. The minimum atomic E-state index is -0.564. The van der Waals surface area contributed by atoms with Gasteiger partial charge in [-0.25, -0.2) is 4.39 Å². The number of hydrogen-bond donors (Lipinski definition) is 2. The number of hydrogen-bond acceptors (Lipinski definition) is 2. The van der Waals surface area contributed by atoms with Crippen LogP contribution in [-0.4, -0.2) is 11.8 Å². The van der Waals surface area contributed by atoms with Crippen LogP contribution in [0.4, 0.5) is 15.8 Å². The fourth-order valence-corrected chi connectivity index (χ4v) is 3.10. The van der Waals surface area contributed by atoms with Gasteiger partial charge in [0.1, 0.15) is 5.82 Å². The third-order valence-electron chi connectivity index (χ3n) is 4.17. The number of anilines is 2. The summed E-state index contributed by atoms with van der Waals surface area (Å²) in [7, 11) is 0. The topological polar surface area (TPSA) is 58.2 Å². The molecule has 0 unspecified atom stereocenters. The summed E-state index contributed by atoms with van der Waals surface area (Å²) >= 11 is 11.8. The summed E-state index contributed by atoms with van der Waals surface area (Å²) in [6.07, 6.45) is 0.769. The van der Waals surface area contributed by atoms with Gasteiger partial charge in [-0.1, -0.05) is 47.5 Å². The fourth-order valence-electron chi connectivity index (χ4n) is 2.69. The van der Waals surface area contributed by atoms with Gasteiger partial charge in [0, 0.05) is 28.4 Å². The van der Waals surface area contributed by atoms with E-state index in [2.05, 4.69) is 10.6 Å². The van der Waals surface area contributed by atoms with Gasteiger partial charge in [0.05, 0.1) is 5.02 Å². The summed E-state index contributed by atoms with van der Waals surface area (Å²) in [5.74, 6) is -1.15. The van der Waals surface area contributed by atoms with Crippen LogP contribution in [-0.2, 0) is 11.2 Å². The third kappa shape index (κ3) is 5.79. The van der Waals surface area contributed by atoms with E-state index in [1.54, 1.807) is 30.3 Å². The van der Waals surface area contributed by atoms with Crippen LogP contribution in [0.15, 0.2) is 66.7 Å². The van der Waals surface area contributed by atoms with Crippen molar-refractivity contribution in [1.29, 1.82) is 0 Å². The highest BCUT2D eigenvalue weighted by Gasteiger charge is 2.10. The van der Waals surface area contributed by atoms with E-state index in [1.807, 2.05) is 18.2 Å². The molecule has 29 heavy (non-hydrogen) atoms. The first-order valence-electron chi connectivity index (χ1n) is 8.82. The minimum Gasteiger partial charge on any atom is -0.326 e. The fraction of sp³-hybridized carbons (Fsp3) is 0.0909. The van der Waals surface area contributed by atoms with Crippen molar-refractivity contribution < 1.29 is 14.0 Å². The van der Waals surface area contributed by atoms with Gasteiger partial charge >= 0.3 is 0 Å². The number of nitrogens with one attached hydrogen (secondary N) is 2. The molecule has 0 aliphatic carbocycles. The van der Waals surface area contributed by atoms with Gasteiger partial charge in [-0.3, -0.25) is 9.59 Å². The zero-order chi connectivity index (χ0) is 20.8. The van der Waals surface area contributed by atoms with Crippen molar-refractivity contribution in [2.45, 2.75) is 12.8 Å². The molecule has 7 heteroatoms. The number of carbonyl (C=O) groups excluding carboxylic acids is 2. The first-order valence-corrected chi connectivity index (χ1v) is 9.57. The molecule has 0 aliphatic rings. The van der Waals surface area contributed by atoms with Gasteiger partial charge in [0.2, 0.25) is 5.91 Å². The Morgan fingerprint density at radius 1 is 0.828 bits per heavy atom. The van der Waals surface area contributed by atoms with E-state index >= 15 is 0 Å². The highest BCUT2D eigenvalue weighted by Crippen LogP contribution is 2.21. The molecule has 0 radical (unpaired) electrons. The standard InChI is InChI=1S/C22H17Cl2FN2O2/c23-18-7-2-1-4-14(18)8-11-21(28)26-16-6-3-5-15(12-16)22(29)27-17-9-10-20(25)19(24)13-17/h1-7,9-10,12-13H,8,11H2,(H,26,28)(H,27,29). The maximum atomic E-state index is 13.2. The molecule has 3 aromatic carbocycles. The van der Waals surface area contributed by atoms with Crippen LogP contribution in [0.1, 0.15) is 22.3 Å². The number of rotatable bonds is 6. The lowest BCUT2D eigenvalue weighted by atomic mass is 10.1. The van der Waals surface area contributed by atoms with Crippen LogP contribution >= 0.6 is 23.2 Å². The van der Waals surface area contributed by atoms with Crippen molar-refractivity contribution in [3.05, 3.63) is 93.7 Å². The summed E-state index contributed by atoms with van der Waals surface area (Å²) in [4.78, 5) is 24.7. The van der Waals surface area contributed by atoms with E-state index in [9.17, 15) is 14.0 Å². The van der Waals surface area contributed by atoms with Gasteiger partial charge in [-0.05, 0) is 54.4 Å². The van der Waals surface area contributed by atoms with Gasteiger partial charge in [0.25, 0.3) is 5.91 Å². The second kappa shape index (κ2) is 9.54. The summed E-state index contributed by atoms with van der Waals surface area (Å²) < 4.78 is 13.2. The van der Waals surface area contributed by atoms with Gasteiger partial charge in [-0.2, -0.15) is 0 Å². The number of aryl methyl sites for hydroxylation is 1. The molecule has 4 nitrogen and oxygen atoms in total. The van der Waals surface area contributed by atoms with Crippen molar-refractivity contribution in [3.8, 4) is 0 Å². The second-order valence-corrected chi connectivity index (χ2v) is 7.12. The van der Waals surface area contributed by atoms with Crippen molar-refractivity contribution in [2.75, 3.05) is 10.6 Å². The molecule has 0 heterocycles. The first kappa shape index (κ1) is 20.8. The normalized spacial score (nSPS) is 10.4. The van der Waals surface area contributed by atoms with Crippen LogP contribution in [0.2, 0.25) is 10.0 Å². The molecule has 0 fully saturated rings. The Kier molecular flexibility index (Phi) is 6.86. The number of benzene rings is 3. The third-order valence-corrected chi connectivity index (χ3v) is 4.82. The Balaban J connectivity index is 1.61. The van der Waals surface area contributed by atoms with E-state index in [0.717, 1.165) is 5.56 Å². The summed E-state index contributed by atoms with van der Waals surface area (Å²) in [6.45, 7) is 0. The molecule has 0 atom stereocenters. The largest absolute Gasteiger partial charge is 0.326 e. The molecule has 3 aromatic rings. The van der Waals surface area contributed by atoms with E-state index in [1.165, 1.54) is 18.2 Å². The van der Waals surface area contributed by atoms with Crippen molar-refractivity contribution in [3.63, 3.8) is 0 Å². The van der Waals surface area contributed by atoms with Crippen LogP contribution in [0.25, 0.3) is 0 Å². The lowest BCUT2D eigenvalue weighted by molar-refractivity contribution is -0.116. The van der Waals surface area contributed by atoms with E-state index < -0.39 is 11.7 Å². The predicted molar refractivity (Wildman–Crippen MR) is 114 cm³/mol. The van der Waals surface area contributed by atoms with Gasteiger partial charge in [0.15, 0.2) is 0 Å². The van der Waals surface area contributed by atoms with Crippen LogP contribution in [0.3, 0.4) is 0 Å². The molecule has 0 aromatic heterocycles. The molecule has 2 N–H and O–H groups in total. The van der Waals surface area contributed by atoms with Crippen LogP contribution < -0.4 is 10.6 Å². The smallest absolute Gasteiger partial charge is 0.255 e. The average Bonchev–Trinajstić information content (AvgIpc) is 2.70. The van der Waals surface area contributed by atoms with Crippen molar-refractivity contribution >= 4 is 46.4 Å². The van der Waals surface area contributed by atoms with Crippen LogP contribution in [0.5, 0.6) is 0 Å². The van der Waals surface area contributed by atoms with Gasteiger partial charge < -0.3 is 10.6 Å². The maximum absolute atomic E-state index is 13.2. The number of halogens is 3. The number of carbonyl (C=O) groups is 2. The van der Waals surface area contributed by atoms with Crippen molar-refractivity contribution in [1.82, 2.24) is 0 Å². The zero-order valence-electron chi connectivity index (χ0n) is 15.2.